The fourth-order valence-corrected chi connectivity index (χ4v) is 2.01. The highest BCUT2D eigenvalue weighted by molar-refractivity contribution is 5.03. The van der Waals surface area contributed by atoms with Crippen LogP contribution >= 0.6 is 0 Å². The molecule has 0 heterocycles. The van der Waals surface area contributed by atoms with Gasteiger partial charge in [-0.2, -0.15) is 5.26 Å². The molecular weight excluding hydrogens is 236 g/mol. The molecule has 1 atom stereocenters. The van der Waals surface area contributed by atoms with Crippen LogP contribution in [0.25, 0.3) is 0 Å². The van der Waals surface area contributed by atoms with Crippen molar-refractivity contribution in [2.75, 3.05) is 46.8 Å². The molecule has 4 heteroatoms. The first-order valence-corrected chi connectivity index (χ1v) is 7.50. The Morgan fingerprint density at radius 1 is 1.16 bits per heavy atom. The molecule has 0 saturated heterocycles. The van der Waals surface area contributed by atoms with E-state index in [-0.39, 0.29) is 5.54 Å². The van der Waals surface area contributed by atoms with Gasteiger partial charge in [-0.1, -0.05) is 13.8 Å². The molecule has 0 bridgehead atoms. The summed E-state index contributed by atoms with van der Waals surface area (Å²) in [5.41, 5.74) is -0.384. The molecule has 0 aromatic heterocycles. The van der Waals surface area contributed by atoms with E-state index in [1.165, 1.54) is 6.42 Å². The van der Waals surface area contributed by atoms with Crippen molar-refractivity contribution >= 4 is 0 Å². The number of nitrogens with one attached hydrogen (secondary N) is 1. The molecule has 1 N–H and O–H groups in total. The van der Waals surface area contributed by atoms with Crippen molar-refractivity contribution in [3.63, 3.8) is 0 Å². The normalized spacial score (nSPS) is 14.6. The Bertz CT molecular complexity index is 259. The van der Waals surface area contributed by atoms with Gasteiger partial charge in [-0.05, 0) is 66.5 Å². The van der Waals surface area contributed by atoms with E-state index in [1.807, 2.05) is 6.92 Å². The van der Waals surface area contributed by atoms with E-state index >= 15 is 0 Å². The third kappa shape index (κ3) is 8.99. The van der Waals surface area contributed by atoms with Crippen LogP contribution in [-0.4, -0.2) is 62.2 Å². The lowest BCUT2D eigenvalue weighted by Gasteiger charge is -2.28. The average Bonchev–Trinajstić information content (AvgIpc) is 2.40. The van der Waals surface area contributed by atoms with Crippen molar-refractivity contribution in [3.8, 4) is 6.07 Å². The Balaban J connectivity index is 4.06. The summed E-state index contributed by atoms with van der Waals surface area (Å²) < 4.78 is 0. The molecule has 0 aromatic carbocycles. The van der Waals surface area contributed by atoms with Gasteiger partial charge in [0.1, 0.15) is 5.54 Å². The van der Waals surface area contributed by atoms with E-state index in [9.17, 15) is 5.26 Å². The predicted molar refractivity (Wildman–Crippen MR) is 82.2 cm³/mol. The van der Waals surface area contributed by atoms with Crippen LogP contribution in [0.15, 0.2) is 0 Å². The van der Waals surface area contributed by atoms with E-state index in [4.69, 9.17) is 0 Å². The first-order valence-electron chi connectivity index (χ1n) is 7.50. The largest absolute Gasteiger partial charge is 0.309 e. The maximum absolute atomic E-state index is 9.31. The van der Waals surface area contributed by atoms with Crippen LogP contribution in [0.4, 0.5) is 0 Å². The lowest BCUT2D eigenvalue weighted by atomic mass is 9.99. The van der Waals surface area contributed by atoms with E-state index in [0.717, 1.165) is 45.6 Å². The van der Waals surface area contributed by atoms with Crippen molar-refractivity contribution in [1.82, 2.24) is 15.1 Å². The number of hydrogen-bond acceptors (Lipinski definition) is 4. The molecule has 1 unspecified atom stereocenters. The van der Waals surface area contributed by atoms with Crippen LogP contribution in [0, 0.1) is 11.3 Å². The average molecular weight is 268 g/mol. The Kier molecular flexibility index (Phi) is 9.85. The lowest BCUT2D eigenvalue weighted by Crippen LogP contribution is -2.44. The number of hydrogen-bond donors (Lipinski definition) is 1. The fourth-order valence-electron chi connectivity index (χ4n) is 2.01. The highest BCUT2D eigenvalue weighted by Gasteiger charge is 2.23. The van der Waals surface area contributed by atoms with Crippen molar-refractivity contribution < 1.29 is 0 Å². The standard InChI is InChI=1S/C15H32N4/c1-6-10-17-15(3,14-16)9-13-19(7-2)12-8-11-18(4)5/h17H,6-13H2,1-5H3. The molecule has 19 heavy (non-hydrogen) atoms. The molecule has 0 rings (SSSR count). The predicted octanol–water partition coefficient (Wildman–Crippen LogP) is 1.93. The van der Waals surface area contributed by atoms with Crippen LogP contribution in [0.5, 0.6) is 0 Å². The van der Waals surface area contributed by atoms with Crippen molar-refractivity contribution in [3.05, 3.63) is 0 Å². The fraction of sp³-hybridized carbons (Fsp3) is 0.933. The summed E-state index contributed by atoms with van der Waals surface area (Å²) in [6, 6.07) is 2.42. The maximum atomic E-state index is 9.31. The number of nitriles is 1. The first-order chi connectivity index (χ1) is 8.97. The molecule has 0 saturated carbocycles. The summed E-state index contributed by atoms with van der Waals surface area (Å²) in [7, 11) is 4.22. The second-order valence-electron chi connectivity index (χ2n) is 5.71. The Morgan fingerprint density at radius 3 is 2.32 bits per heavy atom. The Labute approximate surface area is 119 Å². The monoisotopic (exact) mass is 268 g/mol. The zero-order valence-electron chi connectivity index (χ0n) is 13.5. The summed E-state index contributed by atoms with van der Waals surface area (Å²) in [5, 5.41) is 12.7. The van der Waals surface area contributed by atoms with Gasteiger partial charge < -0.3 is 9.80 Å². The van der Waals surface area contributed by atoms with E-state index < -0.39 is 0 Å². The molecule has 0 spiro atoms. The lowest BCUT2D eigenvalue weighted by molar-refractivity contribution is 0.241. The minimum Gasteiger partial charge on any atom is -0.309 e. The molecule has 0 aliphatic carbocycles. The second-order valence-corrected chi connectivity index (χ2v) is 5.71. The zero-order chi connectivity index (χ0) is 14.7. The molecule has 0 aromatic rings. The van der Waals surface area contributed by atoms with Gasteiger partial charge in [0.2, 0.25) is 0 Å². The third-order valence-electron chi connectivity index (χ3n) is 3.47. The highest BCUT2D eigenvalue weighted by Crippen LogP contribution is 2.10. The smallest absolute Gasteiger partial charge is 0.105 e. The highest BCUT2D eigenvalue weighted by atomic mass is 15.1. The molecule has 4 nitrogen and oxygen atoms in total. The number of rotatable bonds is 11. The van der Waals surface area contributed by atoms with Gasteiger partial charge in [0.15, 0.2) is 0 Å². The zero-order valence-corrected chi connectivity index (χ0v) is 13.5. The molecule has 0 amide bonds. The van der Waals surface area contributed by atoms with Gasteiger partial charge in [-0.15, -0.1) is 0 Å². The van der Waals surface area contributed by atoms with Crippen LogP contribution in [0.1, 0.15) is 40.0 Å². The Hall–Kier alpha value is -0.630. The van der Waals surface area contributed by atoms with Crippen LogP contribution in [0.2, 0.25) is 0 Å². The maximum Gasteiger partial charge on any atom is 0.105 e. The Morgan fingerprint density at radius 2 is 1.84 bits per heavy atom. The van der Waals surface area contributed by atoms with Crippen LogP contribution < -0.4 is 5.32 Å². The van der Waals surface area contributed by atoms with Gasteiger partial charge in [0.25, 0.3) is 0 Å². The third-order valence-corrected chi connectivity index (χ3v) is 3.47. The topological polar surface area (TPSA) is 42.3 Å². The van der Waals surface area contributed by atoms with Gasteiger partial charge >= 0.3 is 0 Å². The molecule has 112 valence electrons. The van der Waals surface area contributed by atoms with Crippen LogP contribution in [-0.2, 0) is 0 Å². The molecule has 0 aliphatic rings. The van der Waals surface area contributed by atoms with E-state index in [2.05, 4.69) is 49.1 Å². The first kappa shape index (κ1) is 18.4. The van der Waals surface area contributed by atoms with Gasteiger partial charge in [-0.3, -0.25) is 5.32 Å². The molecule has 0 radical (unpaired) electrons. The van der Waals surface area contributed by atoms with Gasteiger partial charge in [0.05, 0.1) is 6.07 Å². The van der Waals surface area contributed by atoms with E-state index in [1.54, 1.807) is 0 Å². The summed E-state index contributed by atoms with van der Waals surface area (Å²) in [4.78, 5) is 4.66. The number of nitrogens with zero attached hydrogens (tertiary/aromatic N) is 3. The van der Waals surface area contributed by atoms with Gasteiger partial charge in [0, 0.05) is 6.54 Å². The van der Waals surface area contributed by atoms with Crippen molar-refractivity contribution in [1.29, 1.82) is 5.26 Å². The summed E-state index contributed by atoms with van der Waals surface area (Å²) >= 11 is 0. The molecule has 0 fully saturated rings. The SMILES string of the molecule is CCCNC(C)(C#N)CCN(CC)CCCN(C)C. The van der Waals surface area contributed by atoms with Crippen molar-refractivity contribution in [2.24, 2.45) is 0 Å². The summed E-state index contributed by atoms with van der Waals surface area (Å²) in [6.07, 6.45) is 3.14. The second kappa shape index (κ2) is 10.2. The van der Waals surface area contributed by atoms with Crippen molar-refractivity contribution in [2.45, 2.75) is 45.6 Å². The van der Waals surface area contributed by atoms with Crippen LogP contribution in [0.3, 0.4) is 0 Å². The molecular formula is C15H32N4. The summed E-state index contributed by atoms with van der Waals surface area (Å²) in [6.45, 7) is 11.5. The minimum atomic E-state index is -0.384. The minimum absolute atomic E-state index is 0.384. The quantitative estimate of drug-likeness (QED) is 0.622. The van der Waals surface area contributed by atoms with E-state index in [0.29, 0.717) is 0 Å². The summed E-state index contributed by atoms with van der Waals surface area (Å²) in [5.74, 6) is 0. The van der Waals surface area contributed by atoms with Gasteiger partial charge in [-0.25, -0.2) is 0 Å². The molecule has 0 aliphatic heterocycles.